The van der Waals surface area contributed by atoms with E-state index in [1.165, 1.54) is 7.11 Å². The maximum atomic E-state index is 12.5. The molecule has 0 aliphatic heterocycles. The van der Waals surface area contributed by atoms with Crippen molar-refractivity contribution >= 4 is 35.0 Å². The lowest BCUT2D eigenvalue weighted by Crippen LogP contribution is -2.27. The van der Waals surface area contributed by atoms with E-state index in [9.17, 15) is 9.59 Å². The van der Waals surface area contributed by atoms with E-state index in [0.717, 1.165) is 16.7 Å². The lowest BCUT2D eigenvalue weighted by molar-refractivity contribution is 0.0595. The molecule has 0 aliphatic carbocycles. The summed E-state index contributed by atoms with van der Waals surface area (Å²) in [5.41, 5.74) is 4.58. The molecule has 0 spiro atoms. The third kappa shape index (κ3) is 8.25. The number of carbonyl (C=O) groups excluding carboxylic acids is 2. The number of esters is 1. The van der Waals surface area contributed by atoms with Crippen LogP contribution in [0.4, 0.5) is 16.2 Å². The van der Waals surface area contributed by atoms with Gasteiger partial charge in [-0.25, -0.2) is 9.59 Å². The van der Waals surface area contributed by atoms with Crippen LogP contribution in [-0.2, 0) is 22.6 Å². The third-order valence-corrected chi connectivity index (χ3v) is 6.42. The monoisotopic (exact) mass is 572 g/mol. The smallest absolute Gasteiger partial charge is 0.412 e. The Balaban J connectivity index is 1.55. The van der Waals surface area contributed by atoms with Crippen molar-refractivity contribution in [2.24, 2.45) is 0 Å². The highest BCUT2D eigenvalue weighted by atomic mass is 35.5. The van der Waals surface area contributed by atoms with Gasteiger partial charge in [0.05, 0.1) is 24.0 Å². The van der Waals surface area contributed by atoms with E-state index >= 15 is 0 Å². The van der Waals surface area contributed by atoms with Crippen LogP contribution < -0.4 is 15.4 Å². The quantitative estimate of drug-likeness (QED) is 0.196. The summed E-state index contributed by atoms with van der Waals surface area (Å²) in [5, 5.41) is 6.79. The second kappa shape index (κ2) is 13.2. The number of amides is 1. The van der Waals surface area contributed by atoms with Crippen LogP contribution >= 0.6 is 11.6 Å². The first kappa shape index (κ1) is 29.5. The summed E-state index contributed by atoms with van der Waals surface area (Å²) >= 11 is 6.65. The van der Waals surface area contributed by atoms with E-state index in [1.807, 2.05) is 60.7 Å². The van der Waals surface area contributed by atoms with Crippen LogP contribution in [0.1, 0.15) is 42.3 Å². The number of nitrogens with one attached hydrogen (secondary N) is 2. The van der Waals surface area contributed by atoms with Gasteiger partial charge >= 0.3 is 12.1 Å². The van der Waals surface area contributed by atoms with Gasteiger partial charge in [0, 0.05) is 23.2 Å². The van der Waals surface area contributed by atoms with E-state index in [4.69, 9.17) is 25.8 Å². The summed E-state index contributed by atoms with van der Waals surface area (Å²) < 4.78 is 16.4. The standard InChI is InChI=1S/C33H33ClN2O5/c1-33(2,3)41-32(38)36-29-17-16-26(40-21-25-12-8-9-13-27(25)31(37)39-4)19-30(29)35-20-24-15-14-23(18-28(24)34)22-10-6-5-7-11-22/h5-19,35H,20-21H2,1-4H3,(H,36,38). The van der Waals surface area contributed by atoms with Crippen LogP contribution in [0.15, 0.2) is 91.0 Å². The topological polar surface area (TPSA) is 85.9 Å². The first-order valence-electron chi connectivity index (χ1n) is 13.1. The molecule has 0 atom stereocenters. The Hall–Kier alpha value is -4.49. The van der Waals surface area contributed by atoms with Gasteiger partial charge in [-0.15, -0.1) is 0 Å². The zero-order chi connectivity index (χ0) is 29.4. The van der Waals surface area contributed by atoms with E-state index < -0.39 is 17.7 Å². The van der Waals surface area contributed by atoms with Gasteiger partial charge in [0.15, 0.2) is 0 Å². The van der Waals surface area contributed by atoms with Crippen LogP contribution in [0.5, 0.6) is 5.75 Å². The van der Waals surface area contributed by atoms with Crippen LogP contribution in [0.3, 0.4) is 0 Å². The van der Waals surface area contributed by atoms with Gasteiger partial charge < -0.3 is 19.5 Å². The summed E-state index contributed by atoms with van der Waals surface area (Å²) in [4.78, 5) is 24.7. The highest BCUT2D eigenvalue weighted by molar-refractivity contribution is 6.31. The highest BCUT2D eigenvalue weighted by Crippen LogP contribution is 2.31. The Morgan fingerprint density at radius 1 is 0.805 bits per heavy atom. The van der Waals surface area contributed by atoms with Gasteiger partial charge in [0.25, 0.3) is 0 Å². The largest absolute Gasteiger partial charge is 0.489 e. The molecule has 0 aliphatic rings. The SMILES string of the molecule is COC(=O)c1ccccc1COc1ccc(NC(=O)OC(C)(C)C)c(NCc2ccc(-c3ccccc3)cc2Cl)c1. The number of ether oxygens (including phenoxy) is 3. The summed E-state index contributed by atoms with van der Waals surface area (Å²) in [6, 6.07) is 28.3. The molecule has 41 heavy (non-hydrogen) atoms. The maximum absolute atomic E-state index is 12.5. The Morgan fingerprint density at radius 2 is 1.54 bits per heavy atom. The molecule has 212 valence electrons. The Kier molecular flexibility index (Phi) is 9.53. The molecule has 0 aromatic heterocycles. The van der Waals surface area contributed by atoms with E-state index in [0.29, 0.717) is 39.8 Å². The Bertz CT molecular complexity index is 1520. The molecule has 0 fully saturated rings. The zero-order valence-corrected chi connectivity index (χ0v) is 24.2. The Morgan fingerprint density at radius 3 is 2.24 bits per heavy atom. The van der Waals surface area contributed by atoms with Gasteiger partial charge in [0.2, 0.25) is 0 Å². The van der Waals surface area contributed by atoms with Crippen molar-refractivity contribution in [1.29, 1.82) is 0 Å². The van der Waals surface area contributed by atoms with Gasteiger partial charge in [0.1, 0.15) is 18.0 Å². The van der Waals surface area contributed by atoms with E-state index in [1.54, 1.807) is 51.1 Å². The van der Waals surface area contributed by atoms with E-state index in [-0.39, 0.29) is 6.61 Å². The number of carbonyl (C=O) groups is 2. The lowest BCUT2D eigenvalue weighted by Gasteiger charge is -2.21. The average Bonchev–Trinajstić information content (AvgIpc) is 2.95. The summed E-state index contributed by atoms with van der Waals surface area (Å²) in [7, 11) is 1.34. The van der Waals surface area contributed by atoms with Crippen LogP contribution in [0, 0.1) is 0 Å². The molecule has 0 saturated carbocycles. The Labute approximate surface area is 245 Å². The molecule has 4 aromatic rings. The first-order chi connectivity index (χ1) is 19.6. The van der Waals surface area contributed by atoms with Crippen molar-refractivity contribution in [1.82, 2.24) is 0 Å². The molecule has 8 heteroatoms. The fourth-order valence-corrected chi connectivity index (χ4v) is 4.34. The molecule has 0 heterocycles. The molecule has 1 amide bonds. The summed E-state index contributed by atoms with van der Waals surface area (Å²) in [5.74, 6) is 0.103. The van der Waals surface area contributed by atoms with Crippen molar-refractivity contribution in [2.45, 2.75) is 39.5 Å². The molecule has 0 unspecified atom stereocenters. The highest BCUT2D eigenvalue weighted by Gasteiger charge is 2.18. The molecule has 7 nitrogen and oxygen atoms in total. The molecule has 4 aromatic carbocycles. The molecule has 0 radical (unpaired) electrons. The number of halogens is 1. The van der Waals surface area contributed by atoms with E-state index in [2.05, 4.69) is 10.6 Å². The van der Waals surface area contributed by atoms with Gasteiger partial charge in [-0.2, -0.15) is 0 Å². The fraction of sp³-hybridized carbons (Fsp3) is 0.212. The molecular weight excluding hydrogens is 540 g/mol. The lowest BCUT2D eigenvalue weighted by atomic mass is 10.0. The number of anilines is 2. The number of hydrogen-bond acceptors (Lipinski definition) is 6. The maximum Gasteiger partial charge on any atom is 0.412 e. The normalized spacial score (nSPS) is 11.0. The van der Waals surface area contributed by atoms with Crippen molar-refractivity contribution in [3.63, 3.8) is 0 Å². The fourth-order valence-electron chi connectivity index (χ4n) is 4.09. The number of rotatable bonds is 9. The second-order valence-corrected chi connectivity index (χ2v) is 10.7. The minimum Gasteiger partial charge on any atom is -0.489 e. The minimum absolute atomic E-state index is 0.149. The number of methoxy groups -OCH3 is 1. The van der Waals surface area contributed by atoms with Crippen LogP contribution in [-0.4, -0.2) is 24.8 Å². The predicted molar refractivity (Wildman–Crippen MR) is 163 cm³/mol. The average molecular weight is 573 g/mol. The van der Waals surface area contributed by atoms with Crippen LogP contribution in [0.2, 0.25) is 5.02 Å². The van der Waals surface area contributed by atoms with Crippen molar-refractivity contribution in [2.75, 3.05) is 17.7 Å². The van der Waals surface area contributed by atoms with Crippen molar-refractivity contribution in [3.05, 3.63) is 113 Å². The predicted octanol–water partition coefficient (Wildman–Crippen LogP) is 8.33. The third-order valence-electron chi connectivity index (χ3n) is 6.07. The van der Waals surface area contributed by atoms with Gasteiger partial charge in [-0.3, -0.25) is 5.32 Å². The molecule has 0 saturated heterocycles. The molecule has 4 rings (SSSR count). The number of hydrogen-bond donors (Lipinski definition) is 2. The zero-order valence-electron chi connectivity index (χ0n) is 23.5. The summed E-state index contributed by atoms with van der Waals surface area (Å²) in [6.45, 7) is 5.95. The molecular formula is C33H33ClN2O5. The van der Waals surface area contributed by atoms with Crippen molar-refractivity contribution < 1.29 is 23.8 Å². The number of benzene rings is 4. The van der Waals surface area contributed by atoms with Gasteiger partial charge in [-0.05, 0) is 61.7 Å². The van der Waals surface area contributed by atoms with Crippen molar-refractivity contribution in [3.8, 4) is 16.9 Å². The van der Waals surface area contributed by atoms with Gasteiger partial charge in [-0.1, -0.05) is 72.3 Å². The molecule has 0 bridgehead atoms. The first-order valence-corrected chi connectivity index (χ1v) is 13.5. The minimum atomic E-state index is -0.651. The van der Waals surface area contributed by atoms with Crippen LogP contribution in [0.25, 0.3) is 11.1 Å². The second-order valence-electron chi connectivity index (χ2n) is 10.3. The molecule has 2 N–H and O–H groups in total. The summed E-state index contributed by atoms with van der Waals surface area (Å²) in [6.07, 6.45) is -0.577.